The molecule has 2 aliphatic heterocycles. The Bertz CT molecular complexity index is 813. The number of para-hydroxylation sites is 1. The molecule has 0 N–H and O–H groups in total. The maximum atomic E-state index is 12.7. The number of anilines is 1. The van der Waals surface area contributed by atoms with Gasteiger partial charge in [-0.1, -0.05) is 24.3 Å². The first kappa shape index (κ1) is 16.9. The predicted molar refractivity (Wildman–Crippen MR) is 101 cm³/mol. The first-order chi connectivity index (χ1) is 12.7. The molecule has 0 saturated carbocycles. The SMILES string of the molecule is COc1ccccc1C1Cc2ccc(N3CCN(C)CC3)cc2C(=O)O1. The third kappa shape index (κ3) is 3.15. The van der Waals surface area contributed by atoms with Crippen molar-refractivity contribution in [1.82, 2.24) is 4.90 Å². The summed E-state index contributed by atoms with van der Waals surface area (Å²) in [6, 6.07) is 13.9. The van der Waals surface area contributed by atoms with Gasteiger partial charge in [0.15, 0.2) is 0 Å². The van der Waals surface area contributed by atoms with Crippen LogP contribution in [0, 0.1) is 0 Å². The summed E-state index contributed by atoms with van der Waals surface area (Å²) in [5.41, 5.74) is 3.74. The van der Waals surface area contributed by atoms with E-state index in [4.69, 9.17) is 9.47 Å². The molecule has 0 radical (unpaired) electrons. The number of fused-ring (bicyclic) bond motifs is 1. The molecule has 2 aliphatic rings. The van der Waals surface area contributed by atoms with Crippen molar-refractivity contribution in [1.29, 1.82) is 0 Å². The van der Waals surface area contributed by atoms with Gasteiger partial charge in [0, 0.05) is 43.9 Å². The minimum atomic E-state index is -0.305. The van der Waals surface area contributed by atoms with E-state index in [0.717, 1.165) is 48.7 Å². The van der Waals surface area contributed by atoms with Gasteiger partial charge in [-0.3, -0.25) is 0 Å². The molecular weight excluding hydrogens is 328 g/mol. The number of carbonyl (C=O) groups is 1. The van der Waals surface area contributed by atoms with Crippen molar-refractivity contribution in [2.24, 2.45) is 0 Å². The maximum absolute atomic E-state index is 12.7. The fourth-order valence-corrected chi connectivity index (χ4v) is 3.73. The van der Waals surface area contributed by atoms with Crippen LogP contribution in [0.5, 0.6) is 5.75 Å². The molecule has 2 heterocycles. The van der Waals surface area contributed by atoms with E-state index in [-0.39, 0.29) is 12.1 Å². The second-order valence-electron chi connectivity index (χ2n) is 6.97. The van der Waals surface area contributed by atoms with Crippen LogP contribution < -0.4 is 9.64 Å². The molecule has 26 heavy (non-hydrogen) atoms. The van der Waals surface area contributed by atoms with E-state index < -0.39 is 0 Å². The lowest BCUT2D eigenvalue weighted by Gasteiger charge is -2.35. The fourth-order valence-electron chi connectivity index (χ4n) is 3.73. The van der Waals surface area contributed by atoms with Gasteiger partial charge < -0.3 is 19.3 Å². The van der Waals surface area contributed by atoms with Gasteiger partial charge in [-0.2, -0.15) is 0 Å². The van der Waals surface area contributed by atoms with Crippen LogP contribution in [0.15, 0.2) is 42.5 Å². The normalized spacial score (nSPS) is 20.5. The molecule has 0 aromatic heterocycles. The van der Waals surface area contributed by atoms with Crippen LogP contribution >= 0.6 is 0 Å². The highest BCUT2D eigenvalue weighted by Crippen LogP contribution is 2.36. The van der Waals surface area contributed by atoms with E-state index in [2.05, 4.69) is 29.0 Å². The standard InChI is InChI=1S/C21H24N2O3/c1-22-9-11-23(12-10-22)16-8-7-15-13-20(26-21(24)18(15)14-16)17-5-3-4-6-19(17)25-2/h3-8,14,20H,9-13H2,1-2H3. The molecule has 4 rings (SSSR count). The lowest BCUT2D eigenvalue weighted by atomic mass is 9.93. The highest BCUT2D eigenvalue weighted by Gasteiger charge is 2.30. The van der Waals surface area contributed by atoms with Gasteiger partial charge in [0.2, 0.25) is 0 Å². The summed E-state index contributed by atoms with van der Waals surface area (Å²) in [5, 5.41) is 0. The molecule has 0 spiro atoms. The quantitative estimate of drug-likeness (QED) is 0.795. The van der Waals surface area contributed by atoms with Crippen LogP contribution in [0.1, 0.15) is 27.6 Å². The number of piperazine rings is 1. The third-order valence-electron chi connectivity index (χ3n) is 5.32. The van der Waals surface area contributed by atoms with E-state index in [0.29, 0.717) is 12.0 Å². The van der Waals surface area contributed by atoms with E-state index in [1.54, 1.807) is 7.11 Å². The van der Waals surface area contributed by atoms with E-state index >= 15 is 0 Å². The van der Waals surface area contributed by atoms with Crippen LogP contribution in [0.3, 0.4) is 0 Å². The first-order valence-corrected chi connectivity index (χ1v) is 9.06. The van der Waals surface area contributed by atoms with Gasteiger partial charge in [-0.15, -0.1) is 0 Å². The van der Waals surface area contributed by atoms with Crippen LogP contribution in [0.25, 0.3) is 0 Å². The van der Waals surface area contributed by atoms with Gasteiger partial charge >= 0.3 is 5.97 Å². The highest BCUT2D eigenvalue weighted by molar-refractivity contribution is 5.93. The van der Waals surface area contributed by atoms with Crippen LogP contribution in [0.4, 0.5) is 5.69 Å². The minimum Gasteiger partial charge on any atom is -0.496 e. The maximum Gasteiger partial charge on any atom is 0.339 e. The summed E-state index contributed by atoms with van der Waals surface area (Å²) in [5.74, 6) is 0.501. The summed E-state index contributed by atoms with van der Waals surface area (Å²) in [6.07, 6.45) is 0.366. The van der Waals surface area contributed by atoms with E-state index in [1.807, 2.05) is 30.3 Å². The van der Waals surface area contributed by atoms with Crippen molar-refractivity contribution in [3.05, 3.63) is 59.2 Å². The molecule has 0 bridgehead atoms. The van der Waals surface area contributed by atoms with E-state index in [1.165, 1.54) is 0 Å². The summed E-state index contributed by atoms with van der Waals surface area (Å²) < 4.78 is 11.2. The molecule has 2 aromatic rings. The molecule has 2 aromatic carbocycles. The second kappa shape index (κ2) is 7.00. The molecule has 0 amide bonds. The molecule has 1 atom stereocenters. The largest absolute Gasteiger partial charge is 0.496 e. The number of hydrogen-bond donors (Lipinski definition) is 0. The highest BCUT2D eigenvalue weighted by atomic mass is 16.5. The van der Waals surface area contributed by atoms with Crippen molar-refractivity contribution in [2.45, 2.75) is 12.5 Å². The number of rotatable bonds is 3. The Morgan fingerprint density at radius 3 is 2.62 bits per heavy atom. The average molecular weight is 352 g/mol. The molecule has 1 unspecified atom stereocenters. The molecule has 1 saturated heterocycles. The molecule has 5 nitrogen and oxygen atoms in total. The number of esters is 1. The van der Waals surface area contributed by atoms with E-state index in [9.17, 15) is 4.79 Å². The summed E-state index contributed by atoms with van der Waals surface area (Å²) in [4.78, 5) is 17.3. The summed E-state index contributed by atoms with van der Waals surface area (Å²) in [6.45, 7) is 4.04. The Morgan fingerprint density at radius 2 is 1.85 bits per heavy atom. The van der Waals surface area contributed by atoms with Crippen LogP contribution in [-0.2, 0) is 11.2 Å². The Kier molecular flexibility index (Phi) is 4.55. The van der Waals surface area contributed by atoms with Crippen molar-refractivity contribution >= 4 is 11.7 Å². The Balaban J connectivity index is 1.59. The number of nitrogens with zero attached hydrogens (tertiary/aromatic N) is 2. The van der Waals surface area contributed by atoms with Gasteiger partial charge in [0.25, 0.3) is 0 Å². The molecule has 0 aliphatic carbocycles. The number of ether oxygens (including phenoxy) is 2. The zero-order valence-electron chi connectivity index (χ0n) is 15.3. The minimum absolute atomic E-state index is 0.252. The van der Waals surface area contributed by atoms with Gasteiger partial charge in [-0.05, 0) is 30.8 Å². The van der Waals surface area contributed by atoms with Gasteiger partial charge in [0.05, 0.1) is 12.7 Å². The lowest BCUT2D eigenvalue weighted by Crippen LogP contribution is -2.44. The van der Waals surface area contributed by atoms with Crippen LogP contribution in [0.2, 0.25) is 0 Å². The van der Waals surface area contributed by atoms with Gasteiger partial charge in [-0.25, -0.2) is 4.79 Å². The lowest BCUT2D eigenvalue weighted by molar-refractivity contribution is 0.0248. The van der Waals surface area contributed by atoms with Crippen LogP contribution in [-0.4, -0.2) is 51.2 Å². The number of cyclic esters (lactones) is 1. The first-order valence-electron chi connectivity index (χ1n) is 9.06. The molecular formula is C21H24N2O3. The van der Waals surface area contributed by atoms with Gasteiger partial charge in [0.1, 0.15) is 11.9 Å². The number of benzene rings is 2. The number of carbonyl (C=O) groups excluding carboxylic acids is 1. The number of methoxy groups -OCH3 is 1. The summed E-state index contributed by atoms with van der Waals surface area (Å²) in [7, 11) is 3.78. The predicted octanol–water partition coefficient (Wildman–Crippen LogP) is 2.90. The molecule has 1 fully saturated rings. The Labute approximate surface area is 154 Å². The zero-order valence-corrected chi connectivity index (χ0v) is 15.3. The third-order valence-corrected chi connectivity index (χ3v) is 5.32. The second-order valence-corrected chi connectivity index (χ2v) is 6.97. The fraction of sp³-hybridized carbons (Fsp3) is 0.381. The van der Waals surface area contributed by atoms with Crippen molar-refractivity contribution in [3.63, 3.8) is 0 Å². The number of hydrogen-bond acceptors (Lipinski definition) is 5. The summed E-state index contributed by atoms with van der Waals surface area (Å²) >= 11 is 0. The molecule has 136 valence electrons. The average Bonchev–Trinajstić information content (AvgIpc) is 2.68. The topological polar surface area (TPSA) is 42.0 Å². The molecule has 5 heteroatoms. The number of likely N-dealkylation sites (N-methyl/N-ethyl adjacent to an activating group) is 1. The monoisotopic (exact) mass is 352 g/mol. The smallest absolute Gasteiger partial charge is 0.339 e. The van der Waals surface area contributed by atoms with Crippen molar-refractivity contribution in [2.75, 3.05) is 45.2 Å². The van der Waals surface area contributed by atoms with Crippen molar-refractivity contribution < 1.29 is 14.3 Å². The zero-order chi connectivity index (χ0) is 18.1. The Morgan fingerprint density at radius 1 is 1.08 bits per heavy atom. The Hall–Kier alpha value is -2.53. The van der Waals surface area contributed by atoms with Crippen molar-refractivity contribution in [3.8, 4) is 5.75 Å².